The molecule has 2 aliphatic rings. The Balaban J connectivity index is 1.88. The molecule has 0 saturated heterocycles. The zero-order valence-electron chi connectivity index (χ0n) is 11.3. The van der Waals surface area contributed by atoms with Gasteiger partial charge in [-0.2, -0.15) is 0 Å². The lowest BCUT2D eigenvalue weighted by molar-refractivity contribution is 0.626. The van der Waals surface area contributed by atoms with E-state index in [2.05, 4.69) is 19.5 Å². The van der Waals surface area contributed by atoms with Crippen LogP contribution in [-0.2, 0) is 6.54 Å². The van der Waals surface area contributed by atoms with Crippen LogP contribution in [-0.4, -0.2) is 26.1 Å². The van der Waals surface area contributed by atoms with Crippen molar-refractivity contribution in [2.24, 2.45) is 10.9 Å². The second-order valence-corrected chi connectivity index (χ2v) is 5.73. The van der Waals surface area contributed by atoms with E-state index in [1.807, 2.05) is 13.3 Å². The molecule has 2 aromatic heterocycles. The fraction of sp³-hybridized carbons (Fsp3) is 0.643. The van der Waals surface area contributed by atoms with Gasteiger partial charge in [0.05, 0.1) is 6.33 Å². The molecule has 19 heavy (non-hydrogen) atoms. The molecule has 100 valence electrons. The summed E-state index contributed by atoms with van der Waals surface area (Å²) in [5.41, 5.74) is 2.87. The SMILES string of the molecule is CCN=c1ncn(CC2CC2)c2nc(C3CC3)[nH]c12. The second-order valence-electron chi connectivity index (χ2n) is 5.73. The van der Waals surface area contributed by atoms with Crippen LogP contribution in [0.5, 0.6) is 0 Å². The highest BCUT2D eigenvalue weighted by atomic mass is 15.1. The summed E-state index contributed by atoms with van der Waals surface area (Å²) in [7, 11) is 0. The lowest BCUT2D eigenvalue weighted by atomic mass is 10.4. The Hall–Kier alpha value is -1.65. The maximum Gasteiger partial charge on any atom is 0.176 e. The first-order valence-electron chi connectivity index (χ1n) is 7.30. The summed E-state index contributed by atoms with van der Waals surface area (Å²) in [4.78, 5) is 17.2. The van der Waals surface area contributed by atoms with Gasteiger partial charge in [-0.25, -0.2) is 9.97 Å². The van der Waals surface area contributed by atoms with Crippen LogP contribution in [0.2, 0.25) is 0 Å². The molecule has 2 aromatic rings. The molecule has 5 nitrogen and oxygen atoms in total. The Labute approximate surface area is 111 Å². The topological polar surface area (TPSA) is 58.9 Å². The number of nitrogens with one attached hydrogen (secondary N) is 1. The molecule has 0 atom stereocenters. The number of aromatic nitrogens is 4. The molecule has 2 aliphatic carbocycles. The Bertz CT molecular complexity index is 673. The van der Waals surface area contributed by atoms with Gasteiger partial charge in [-0.05, 0) is 38.5 Å². The van der Waals surface area contributed by atoms with Crippen LogP contribution in [0.25, 0.3) is 11.2 Å². The summed E-state index contributed by atoms with van der Waals surface area (Å²) in [6.07, 6.45) is 7.11. The van der Waals surface area contributed by atoms with Crippen LogP contribution < -0.4 is 5.49 Å². The molecular weight excluding hydrogens is 238 g/mol. The normalized spacial score (nSPS) is 20.4. The van der Waals surface area contributed by atoms with Crippen molar-refractivity contribution in [3.05, 3.63) is 17.6 Å². The summed E-state index contributed by atoms with van der Waals surface area (Å²) in [5, 5.41) is 0. The van der Waals surface area contributed by atoms with Crippen molar-refractivity contribution in [1.82, 2.24) is 19.5 Å². The molecule has 1 N–H and O–H groups in total. The predicted octanol–water partition coefficient (Wildman–Crippen LogP) is 1.97. The molecule has 2 saturated carbocycles. The third kappa shape index (κ3) is 2.07. The van der Waals surface area contributed by atoms with E-state index in [1.54, 1.807) is 0 Å². The average Bonchev–Trinajstić information content (AvgIpc) is 3.32. The number of hydrogen-bond acceptors (Lipinski definition) is 3. The number of hydrogen-bond donors (Lipinski definition) is 1. The summed E-state index contributed by atoms with van der Waals surface area (Å²) in [6, 6.07) is 0. The van der Waals surface area contributed by atoms with Gasteiger partial charge in [0, 0.05) is 19.0 Å². The van der Waals surface area contributed by atoms with Gasteiger partial charge in [0.1, 0.15) is 11.3 Å². The number of imidazole rings is 1. The van der Waals surface area contributed by atoms with Crippen LogP contribution in [0.4, 0.5) is 0 Å². The minimum Gasteiger partial charge on any atom is -0.337 e. The number of aromatic amines is 1. The van der Waals surface area contributed by atoms with Crippen molar-refractivity contribution in [1.29, 1.82) is 0 Å². The van der Waals surface area contributed by atoms with E-state index in [0.717, 1.165) is 41.5 Å². The number of fused-ring (bicyclic) bond motifs is 1. The number of H-pyrrole nitrogens is 1. The van der Waals surface area contributed by atoms with Gasteiger partial charge in [0.15, 0.2) is 11.1 Å². The van der Waals surface area contributed by atoms with E-state index < -0.39 is 0 Å². The van der Waals surface area contributed by atoms with Gasteiger partial charge in [0.25, 0.3) is 0 Å². The van der Waals surface area contributed by atoms with Gasteiger partial charge >= 0.3 is 0 Å². The second kappa shape index (κ2) is 4.18. The summed E-state index contributed by atoms with van der Waals surface area (Å²) >= 11 is 0. The molecule has 0 aromatic carbocycles. The smallest absolute Gasteiger partial charge is 0.176 e. The van der Waals surface area contributed by atoms with Gasteiger partial charge < -0.3 is 9.55 Å². The van der Waals surface area contributed by atoms with Crippen LogP contribution in [0.3, 0.4) is 0 Å². The average molecular weight is 257 g/mol. The van der Waals surface area contributed by atoms with E-state index in [4.69, 9.17) is 4.98 Å². The lowest BCUT2D eigenvalue weighted by Gasteiger charge is -2.05. The van der Waals surface area contributed by atoms with Crippen molar-refractivity contribution in [3.63, 3.8) is 0 Å². The number of rotatable bonds is 4. The molecule has 0 amide bonds. The first-order valence-corrected chi connectivity index (χ1v) is 7.30. The third-order valence-corrected chi connectivity index (χ3v) is 3.94. The fourth-order valence-corrected chi connectivity index (χ4v) is 2.52. The van der Waals surface area contributed by atoms with Gasteiger partial charge in [-0.3, -0.25) is 4.99 Å². The quantitative estimate of drug-likeness (QED) is 0.910. The highest BCUT2D eigenvalue weighted by Crippen LogP contribution is 2.39. The Morgan fingerprint density at radius 1 is 1.37 bits per heavy atom. The largest absolute Gasteiger partial charge is 0.337 e. The summed E-state index contributed by atoms with van der Waals surface area (Å²) < 4.78 is 2.20. The van der Waals surface area contributed by atoms with E-state index >= 15 is 0 Å². The van der Waals surface area contributed by atoms with E-state index in [9.17, 15) is 0 Å². The Morgan fingerprint density at radius 2 is 2.21 bits per heavy atom. The van der Waals surface area contributed by atoms with E-state index in [1.165, 1.54) is 25.7 Å². The van der Waals surface area contributed by atoms with Crippen LogP contribution in [0.1, 0.15) is 44.3 Å². The van der Waals surface area contributed by atoms with Crippen molar-refractivity contribution in [2.45, 2.75) is 45.1 Å². The van der Waals surface area contributed by atoms with Crippen LogP contribution in [0.15, 0.2) is 11.3 Å². The van der Waals surface area contributed by atoms with E-state index in [0.29, 0.717) is 5.92 Å². The first-order chi connectivity index (χ1) is 9.35. The highest BCUT2D eigenvalue weighted by molar-refractivity contribution is 5.69. The van der Waals surface area contributed by atoms with Gasteiger partial charge in [-0.15, -0.1) is 0 Å². The monoisotopic (exact) mass is 257 g/mol. The van der Waals surface area contributed by atoms with Crippen molar-refractivity contribution < 1.29 is 0 Å². The van der Waals surface area contributed by atoms with Crippen LogP contribution in [0, 0.1) is 5.92 Å². The molecule has 0 unspecified atom stereocenters. The van der Waals surface area contributed by atoms with Crippen molar-refractivity contribution in [2.75, 3.05) is 6.54 Å². The summed E-state index contributed by atoms with van der Waals surface area (Å²) in [5.74, 6) is 2.58. The summed E-state index contributed by atoms with van der Waals surface area (Å²) in [6.45, 7) is 3.84. The molecular formula is C14H19N5. The maximum absolute atomic E-state index is 4.81. The van der Waals surface area contributed by atoms with Crippen molar-refractivity contribution >= 4 is 11.2 Å². The minimum absolute atomic E-state index is 0.635. The van der Waals surface area contributed by atoms with Gasteiger partial charge in [-0.1, -0.05) is 0 Å². The van der Waals surface area contributed by atoms with E-state index in [-0.39, 0.29) is 0 Å². The predicted molar refractivity (Wildman–Crippen MR) is 72.7 cm³/mol. The lowest BCUT2D eigenvalue weighted by Crippen LogP contribution is -2.15. The molecule has 0 spiro atoms. The Morgan fingerprint density at radius 3 is 2.89 bits per heavy atom. The van der Waals surface area contributed by atoms with Crippen molar-refractivity contribution in [3.8, 4) is 0 Å². The third-order valence-electron chi connectivity index (χ3n) is 3.94. The number of nitrogens with zero attached hydrogens (tertiary/aromatic N) is 4. The minimum atomic E-state index is 0.635. The zero-order valence-corrected chi connectivity index (χ0v) is 11.3. The molecule has 0 aliphatic heterocycles. The molecule has 4 rings (SSSR count). The maximum atomic E-state index is 4.81. The first kappa shape index (κ1) is 11.2. The highest BCUT2D eigenvalue weighted by Gasteiger charge is 2.28. The zero-order chi connectivity index (χ0) is 12.8. The molecule has 2 fully saturated rings. The molecule has 2 heterocycles. The molecule has 0 bridgehead atoms. The molecule has 0 radical (unpaired) electrons. The fourth-order valence-electron chi connectivity index (χ4n) is 2.52. The Kier molecular flexibility index (Phi) is 2.47. The van der Waals surface area contributed by atoms with Gasteiger partial charge in [0.2, 0.25) is 0 Å². The standard InChI is InChI=1S/C14H19N5/c1-2-15-13-11-14(18-12(17-11)10-5-6-10)19(8-16-13)7-9-3-4-9/h8-10H,2-7H2,1H3,(H,17,18). The van der Waals surface area contributed by atoms with Crippen LogP contribution >= 0.6 is 0 Å². The molecule has 5 heteroatoms.